The van der Waals surface area contributed by atoms with E-state index in [1.165, 1.54) is 6.20 Å². The maximum atomic E-state index is 11.5. The van der Waals surface area contributed by atoms with E-state index in [1.54, 1.807) is 30.5 Å². The lowest BCUT2D eigenvalue weighted by Gasteiger charge is -1.94. The van der Waals surface area contributed by atoms with E-state index in [9.17, 15) is 4.79 Å². The van der Waals surface area contributed by atoms with Gasteiger partial charge in [-0.2, -0.15) is 0 Å². The Morgan fingerprint density at radius 3 is 2.88 bits per heavy atom. The Bertz CT molecular complexity index is 728. The summed E-state index contributed by atoms with van der Waals surface area (Å²) in [6.45, 7) is 0. The molecule has 0 aliphatic heterocycles. The number of hydrogen-bond donors (Lipinski definition) is 1. The highest BCUT2D eigenvalue weighted by atomic mass is 35.5. The molecular weight excluding hydrogens is 240 g/mol. The molecule has 0 atom stereocenters. The van der Waals surface area contributed by atoms with Crippen LogP contribution in [0.1, 0.15) is 0 Å². The summed E-state index contributed by atoms with van der Waals surface area (Å²) in [5.41, 5.74) is 1.01. The molecule has 0 bridgehead atoms. The second-order valence-corrected chi connectivity index (χ2v) is 3.99. The van der Waals surface area contributed by atoms with Gasteiger partial charge in [0.1, 0.15) is 11.3 Å². The van der Waals surface area contributed by atoms with E-state index in [0.29, 0.717) is 27.4 Å². The molecule has 3 heterocycles. The Morgan fingerprint density at radius 1 is 1.29 bits per heavy atom. The SMILES string of the molecule is O=c1[nH]ccc2oc(-c3ccc(Cl)cn3)cc12. The van der Waals surface area contributed by atoms with Crippen LogP contribution >= 0.6 is 11.6 Å². The van der Waals surface area contributed by atoms with Gasteiger partial charge in [-0.05, 0) is 24.3 Å². The minimum Gasteiger partial charge on any atom is -0.454 e. The van der Waals surface area contributed by atoms with Crippen LogP contribution in [0.3, 0.4) is 0 Å². The number of furan rings is 1. The topological polar surface area (TPSA) is 58.9 Å². The molecule has 3 aromatic heterocycles. The minimum atomic E-state index is -0.175. The van der Waals surface area contributed by atoms with Crippen LogP contribution in [0.15, 0.2) is 45.9 Å². The van der Waals surface area contributed by atoms with Crippen LogP contribution in [0.5, 0.6) is 0 Å². The number of nitrogens with zero attached hydrogens (tertiary/aromatic N) is 1. The molecule has 0 aromatic carbocycles. The highest BCUT2D eigenvalue weighted by Crippen LogP contribution is 2.24. The number of halogens is 1. The molecule has 0 saturated heterocycles. The van der Waals surface area contributed by atoms with Gasteiger partial charge in [0.15, 0.2) is 5.76 Å². The third kappa shape index (κ3) is 1.72. The first-order valence-corrected chi connectivity index (χ1v) is 5.35. The number of aromatic nitrogens is 2. The molecule has 17 heavy (non-hydrogen) atoms. The number of hydrogen-bond acceptors (Lipinski definition) is 3. The average molecular weight is 247 g/mol. The number of pyridine rings is 2. The molecule has 3 rings (SSSR count). The Morgan fingerprint density at radius 2 is 2.18 bits per heavy atom. The normalized spacial score (nSPS) is 10.9. The van der Waals surface area contributed by atoms with Crippen molar-refractivity contribution in [2.75, 3.05) is 0 Å². The van der Waals surface area contributed by atoms with Crippen molar-refractivity contribution in [2.45, 2.75) is 0 Å². The predicted molar refractivity (Wildman–Crippen MR) is 65.1 cm³/mol. The molecule has 0 amide bonds. The average Bonchev–Trinajstić information content (AvgIpc) is 2.75. The Balaban J connectivity index is 2.21. The molecule has 84 valence electrons. The molecule has 0 saturated carbocycles. The summed E-state index contributed by atoms with van der Waals surface area (Å²) in [6, 6.07) is 6.84. The van der Waals surface area contributed by atoms with Gasteiger partial charge in [-0.1, -0.05) is 11.6 Å². The van der Waals surface area contributed by atoms with Crippen molar-refractivity contribution >= 4 is 22.6 Å². The summed E-state index contributed by atoms with van der Waals surface area (Å²) in [4.78, 5) is 18.2. The molecule has 0 radical (unpaired) electrons. The fourth-order valence-corrected chi connectivity index (χ4v) is 1.74. The maximum absolute atomic E-state index is 11.5. The van der Waals surface area contributed by atoms with Crippen LogP contribution in [0.2, 0.25) is 5.02 Å². The van der Waals surface area contributed by atoms with Gasteiger partial charge >= 0.3 is 0 Å². The van der Waals surface area contributed by atoms with Gasteiger partial charge in [0.25, 0.3) is 5.56 Å². The van der Waals surface area contributed by atoms with Crippen LogP contribution in [0.4, 0.5) is 0 Å². The van der Waals surface area contributed by atoms with E-state index in [4.69, 9.17) is 16.0 Å². The van der Waals surface area contributed by atoms with Crippen LogP contribution in [0.25, 0.3) is 22.4 Å². The van der Waals surface area contributed by atoms with Gasteiger partial charge in [0.05, 0.1) is 10.4 Å². The van der Waals surface area contributed by atoms with Crippen molar-refractivity contribution in [2.24, 2.45) is 0 Å². The summed E-state index contributed by atoms with van der Waals surface area (Å²) in [7, 11) is 0. The molecule has 0 fully saturated rings. The van der Waals surface area contributed by atoms with E-state index in [2.05, 4.69) is 9.97 Å². The molecule has 3 aromatic rings. The standard InChI is InChI=1S/C12H7ClN2O2/c13-7-1-2-9(15-6-7)11-5-8-10(17-11)3-4-14-12(8)16/h1-6H,(H,14,16). The lowest BCUT2D eigenvalue weighted by Crippen LogP contribution is -2.01. The molecule has 0 aliphatic carbocycles. The van der Waals surface area contributed by atoms with E-state index in [0.717, 1.165) is 0 Å². The number of rotatable bonds is 1. The van der Waals surface area contributed by atoms with Gasteiger partial charge in [-0.15, -0.1) is 0 Å². The first kappa shape index (κ1) is 10.1. The van der Waals surface area contributed by atoms with Crippen molar-refractivity contribution < 1.29 is 4.42 Å². The van der Waals surface area contributed by atoms with Gasteiger partial charge < -0.3 is 9.40 Å². The molecule has 0 spiro atoms. The second kappa shape index (κ2) is 3.75. The smallest absolute Gasteiger partial charge is 0.259 e. The predicted octanol–water partition coefficient (Wildman–Crippen LogP) is 2.84. The highest BCUT2D eigenvalue weighted by Gasteiger charge is 2.09. The van der Waals surface area contributed by atoms with E-state index >= 15 is 0 Å². The molecular formula is C12H7ClN2O2. The quantitative estimate of drug-likeness (QED) is 0.718. The summed E-state index contributed by atoms with van der Waals surface area (Å²) in [5, 5.41) is 1.07. The molecule has 0 aliphatic rings. The summed E-state index contributed by atoms with van der Waals surface area (Å²) >= 11 is 5.75. The van der Waals surface area contributed by atoms with Crippen LogP contribution in [0, 0.1) is 0 Å². The zero-order valence-electron chi connectivity index (χ0n) is 8.61. The first-order chi connectivity index (χ1) is 8.24. The highest BCUT2D eigenvalue weighted by molar-refractivity contribution is 6.30. The Labute approximate surface area is 101 Å². The third-order valence-corrected chi connectivity index (χ3v) is 2.66. The molecule has 1 N–H and O–H groups in total. The fourth-order valence-electron chi connectivity index (χ4n) is 1.62. The largest absolute Gasteiger partial charge is 0.454 e. The van der Waals surface area contributed by atoms with E-state index < -0.39 is 0 Å². The zero-order valence-corrected chi connectivity index (χ0v) is 9.36. The lowest BCUT2D eigenvalue weighted by molar-refractivity contribution is 0.628. The number of H-pyrrole nitrogens is 1. The van der Waals surface area contributed by atoms with E-state index in [-0.39, 0.29) is 5.56 Å². The Hall–Kier alpha value is -2.07. The van der Waals surface area contributed by atoms with Gasteiger partial charge in [0.2, 0.25) is 0 Å². The van der Waals surface area contributed by atoms with Crippen molar-refractivity contribution in [1.29, 1.82) is 0 Å². The summed E-state index contributed by atoms with van der Waals surface area (Å²) in [6.07, 6.45) is 3.08. The second-order valence-electron chi connectivity index (χ2n) is 3.56. The van der Waals surface area contributed by atoms with Gasteiger partial charge in [0, 0.05) is 12.4 Å². The van der Waals surface area contributed by atoms with Crippen molar-refractivity contribution in [3.8, 4) is 11.5 Å². The molecule has 5 heteroatoms. The summed E-state index contributed by atoms with van der Waals surface area (Å²) in [5.74, 6) is 0.549. The van der Waals surface area contributed by atoms with E-state index in [1.807, 2.05) is 0 Å². The lowest BCUT2D eigenvalue weighted by atomic mass is 10.2. The maximum Gasteiger partial charge on any atom is 0.259 e. The molecule has 0 unspecified atom stereocenters. The van der Waals surface area contributed by atoms with Crippen molar-refractivity contribution in [1.82, 2.24) is 9.97 Å². The zero-order chi connectivity index (χ0) is 11.8. The van der Waals surface area contributed by atoms with Crippen LogP contribution in [-0.4, -0.2) is 9.97 Å². The van der Waals surface area contributed by atoms with Gasteiger partial charge in [-0.3, -0.25) is 9.78 Å². The summed E-state index contributed by atoms with van der Waals surface area (Å²) < 4.78 is 5.55. The monoisotopic (exact) mass is 246 g/mol. The van der Waals surface area contributed by atoms with Gasteiger partial charge in [-0.25, -0.2) is 0 Å². The number of fused-ring (bicyclic) bond motifs is 1. The van der Waals surface area contributed by atoms with Crippen LogP contribution < -0.4 is 5.56 Å². The van der Waals surface area contributed by atoms with Crippen molar-refractivity contribution in [3.63, 3.8) is 0 Å². The fraction of sp³-hybridized carbons (Fsp3) is 0. The molecule has 4 nitrogen and oxygen atoms in total. The number of aromatic amines is 1. The first-order valence-electron chi connectivity index (χ1n) is 4.97. The number of nitrogens with one attached hydrogen (secondary N) is 1. The third-order valence-electron chi connectivity index (χ3n) is 2.43. The van der Waals surface area contributed by atoms with Crippen LogP contribution in [-0.2, 0) is 0 Å². The Kier molecular flexibility index (Phi) is 2.23. The minimum absolute atomic E-state index is 0.175. The van der Waals surface area contributed by atoms with Crippen molar-refractivity contribution in [3.05, 3.63) is 52.0 Å².